The third-order valence-corrected chi connectivity index (χ3v) is 3.79. The molecule has 0 radical (unpaired) electrons. The highest BCUT2D eigenvalue weighted by atomic mass is 35.5. The van der Waals surface area contributed by atoms with Crippen molar-refractivity contribution in [2.45, 2.75) is 6.92 Å². The molecule has 0 unspecified atom stereocenters. The number of rotatable bonds is 4. The van der Waals surface area contributed by atoms with Gasteiger partial charge in [0.2, 0.25) is 0 Å². The maximum Gasteiger partial charge on any atom is 0.262 e. The summed E-state index contributed by atoms with van der Waals surface area (Å²) in [6.45, 7) is 1.61. The van der Waals surface area contributed by atoms with Gasteiger partial charge in [0.1, 0.15) is 0 Å². The van der Waals surface area contributed by atoms with Gasteiger partial charge in [0.05, 0.1) is 10.0 Å². The summed E-state index contributed by atoms with van der Waals surface area (Å²) in [7, 11) is 0. The molecule has 0 aliphatic carbocycles. The van der Waals surface area contributed by atoms with Crippen molar-refractivity contribution >= 4 is 58.0 Å². The Labute approximate surface area is 148 Å². The number of nitrogens with one attached hydrogen (secondary N) is 1. The third-order valence-electron chi connectivity index (χ3n) is 2.77. The van der Waals surface area contributed by atoms with Gasteiger partial charge in [0, 0.05) is 15.7 Å². The lowest BCUT2D eigenvalue weighted by Gasteiger charge is -2.12. The maximum absolute atomic E-state index is 11.9. The predicted octanol–water partition coefficient (Wildman–Crippen LogP) is 5.63. The minimum absolute atomic E-state index is 0.218. The molecule has 0 aromatic heterocycles. The van der Waals surface area contributed by atoms with E-state index in [1.54, 1.807) is 18.2 Å². The van der Waals surface area contributed by atoms with Gasteiger partial charge in [-0.1, -0.05) is 46.4 Å². The van der Waals surface area contributed by atoms with Crippen LogP contribution in [0.2, 0.25) is 20.1 Å². The van der Waals surface area contributed by atoms with Gasteiger partial charge in [-0.25, -0.2) is 0 Å². The average Bonchev–Trinajstić information content (AvgIpc) is 2.40. The van der Waals surface area contributed by atoms with E-state index >= 15 is 0 Å². The topological polar surface area (TPSA) is 38.3 Å². The Kier molecular flexibility index (Phi) is 5.81. The number of carbonyl (C=O) groups excluding carboxylic acids is 1. The number of amides is 1. The highest BCUT2D eigenvalue weighted by molar-refractivity contribution is 6.40. The smallest absolute Gasteiger partial charge is 0.262 e. The Morgan fingerprint density at radius 1 is 1.05 bits per heavy atom. The molecule has 0 bridgehead atoms. The monoisotopic (exact) mass is 377 g/mol. The van der Waals surface area contributed by atoms with Crippen molar-refractivity contribution in [2.24, 2.45) is 0 Å². The van der Waals surface area contributed by atoms with E-state index in [0.29, 0.717) is 15.7 Å². The van der Waals surface area contributed by atoms with Gasteiger partial charge in [0.15, 0.2) is 12.4 Å². The van der Waals surface area contributed by atoms with Crippen LogP contribution >= 0.6 is 46.4 Å². The summed E-state index contributed by atoms with van der Waals surface area (Å²) in [6, 6.07) is 8.15. The van der Waals surface area contributed by atoms with Crippen molar-refractivity contribution in [3.05, 3.63) is 56.0 Å². The SMILES string of the molecule is Cc1cc(Cl)ccc1NC(=O)COc1c(Cl)cc(Cl)cc1Cl. The number of carbonyl (C=O) groups is 1. The number of hydrogen-bond acceptors (Lipinski definition) is 2. The second kappa shape index (κ2) is 7.42. The first-order valence-electron chi connectivity index (χ1n) is 6.20. The third kappa shape index (κ3) is 4.43. The largest absolute Gasteiger partial charge is 0.481 e. The van der Waals surface area contributed by atoms with Crippen LogP contribution in [-0.4, -0.2) is 12.5 Å². The molecule has 2 rings (SSSR count). The standard InChI is InChI=1S/C15H11Cl4NO2/c1-8-4-9(16)2-3-13(8)20-14(21)7-22-15-11(18)5-10(17)6-12(15)19/h2-6H,7H2,1H3,(H,20,21). The van der Waals surface area contributed by atoms with E-state index < -0.39 is 0 Å². The average molecular weight is 379 g/mol. The number of ether oxygens (including phenoxy) is 1. The van der Waals surface area contributed by atoms with Crippen molar-refractivity contribution in [2.75, 3.05) is 11.9 Å². The van der Waals surface area contributed by atoms with Crippen LogP contribution in [-0.2, 0) is 4.79 Å². The van der Waals surface area contributed by atoms with E-state index in [1.807, 2.05) is 6.92 Å². The molecule has 0 fully saturated rings. The predicted molar refractivity (Wildman–Crippen MR) is 91.8 cm³/mol. The summed E-state index contributed by atoms with van der Waals surface area (Å²) >= 11 is 23.6. The molecule has 2 aromatic rings. The maximum atomic E-state index is 11.9. The van der Waals surface area contributed by atoms with Gasteiger partial charge in [-0.05, 0) is 42.8 Å². The summed E-state index contributed by atoms with van der Waals surface area (Å²) in [5.74, 6) is -0.122. The van der Waals surface area contributed by atoms with E-state index in [4.69, 9.17) is 51.1 Å². The number of hydrogen-bond donors (Lipinski definition) is 1. The fraction of sp³-hybridized carbons (Fsp3) is 0.133. The van der Waals surface area contributed by atoms with Crippen molar-refractivity contribution in [3.8, 4) is 5.75 Å². The molecule has 3 nitrogen and oxygen atoms in total. The lowest BCUT2D eigenvalue weighted by Crippen LogP contribution is -2.20. The quantitative estimate of drug-likeness (QED) is 0.748. The normalized spacial score (nSPS) is 10.4. The Morgan fingerprint density at radius 2 is 1.68 bits per heavy atom. The van der Waals surface area contributed by atoms with Crippen molar-refractivity contribution in [1.29, 1.82) is 0 Å². The zero-order valence-electron chi connectivity index (χ0n) is 11.4. The molecule has 0 heterocycles. The highest BCUT2D eigenvalue weighted by Crippen LogP contribution is 2.35. The van der Waals surface area contributed by atoms with Crippen LogP contribution in [0.5, 0.6) is 5.75 Å². The first kappa shape index (κ1) is 17.2. The zero-order chi connectivity index (χ0) is 16.3. The molecule has 0 spiro atoms. The Balaban J connectivity index is 2.02. The van der Waals surface area contributed by atoms with Gasteiger partial charge in [-0.15, -0.1) is 0 Å². The number of anilines is 1. The van der Waals surface area contributed by atoms with Gasteiger partial charge in [-0.3, -0.25) is 4.79 Å². The van der Waals surface area contributed by atoms with Gasteiger partial charge in [0.25, 0.3) is 5.91 Å². The molecule has 22 heavy (non-hydrogen) atoms. The van der Waals surface area contributed by atoms with Crippen LogP contribution in [0, 0.1) is 6.92 Å². The molecule has 0 aliphatic heterocycles. The summed E-state index contributed by atoms with van der Waals surface area (Å²) in [6.07, 6.45) is 0. The number of benzene rings is 2. The Hall–Kier alpha value is -1.13. The minimum atomic E-state index is -0.340. The summed E-state index contributed by atoms with van der Waals surface area (Å²) in [5.41, 5.74) is 1.51. The lowest BCUT2D eigenvalue weighted by molar-refractivity contribution is -0.118. The zero-order valence-corrected chi connectivity index (χ0v) is 14.4. The molecule has 0 aliphatic rings. The fourth-order valence-corrected chi connectivity index (χ4v) is 2.91. The summed E-state index contributed by atoms with van der Waals surface area (Å²) in [5, 5.41) is 4.21. The number of halogens is 4. The van der Waals surface area contributed by atoms with Gasteiger partial charge < -0.3 is 10.1 Å². The van der Waals surface area contributed by atoms with Crippen molar-refractivity contribution in [3.63, 3.8) is 0 Å². The van der Waals surface area contributed by atoms with Crippen LogP contribution in [0.15, 0.2) is 30.3 Å². The van der Waals surface area contributed by atoms with Crippen LogP contribution in [0.3, 0.4) is 0 Å². The van der Waals surface area contributed by atoms with E-state index in [1.165, 1.54) is 12.1 Å². The lowest BCUT2D eigenvalue weighted by atomic mass is 10.2. The van der Waals surface area contributed by atoms with E-state index in [-0.39, 0.29) is 28.3 Å². The molecule has 7 heteroatoms. The summed E-state index contributed by atoms with van der Waals surface area (Å²) in [4.78, 5) is 11.9. The second-order valence-corrected chi connectivity index (χ2v) is 6.18. The Morgan fingerprint density at radius 3 is 2.27 bits per heavy atom. The summed E-state index contributed by atoms with van der Waals surface area (Å²) < 4.78 is 5.36. The molecule has 1 amide bonds. The molecule has 1 N–H and O–H groups in total. The minimum Gasteiger partial charge on any atom is -0.481 e. The molecular weight excluding hydrogens is 368 g/mol. The molecule has 0 atom stereocenters. The van der Waals surface area contributed by atoms with Gasteiger partial charge in [-0.2, -0.15) is 0 Å². The Bertz CT molecular complexity index is 696. The fourth-order valence-electron chi connectivity index (χ4n) is 1.76. The first-order chi connectivity index (χ1) is 10.4. The molecule has 0 saturated heterocycles. The van der Waals surface area contributed by atoms with E-state index in [2.05, 4.69) is 5.32 Å². The number of aryl methyl sites for hydroxylation is 1. The first-order valence-corrected chi connectivity index (χ1v) is 7.71. The molecule has 116 valence electrons. The van der Waals surface area contributed by atoms with Crippen LogP contribution < -0.4 is 10.1 Å². The second-order valence-electron chi connectivity index (χ2n) is 4.49. The molecular formula is C15H11Cl4NO2. The van der Waals surface area contributed by atoms with E-state index in [9.17, 15) is 4.79 Å². The highest BCUT2D eigenvalue weighted by Gasteiger charge is 2.12. The molecule has 0 saturated carbocycles. The van der Waals surface area contributed by atoms with Crippen molar-refractivity contribution < 1.29 is 9.53 Å². The van der Waals surface area contributed by atoms with E-state index in [0.717, 1.165) is 5.56 Å². The van der Waals surface area contributed by atoms with Gasteiger partial charge >= 0.3 is 0 Å². The van der Waals surface area contributed by atoms with Crippen LogP contribution in [0.1, 0.15) is 5.56 Å². The van der Waals surface area contributed by atoms with Crippen LogP contribution in [0.4, 0.5) is 5.69 Å². The van der Waals surface area contributed by atoms with Crippen LogP contribution in [0.25, 0.3) is 0 Å². The molecule has 2 aromatic carbocycles. The van der Waals surface area contributed by atoms with Crippen molar-refractivity contribution in [1.82, 2.24) is 0 Å².